The van der Waals surface area contributed by atoms with Crippen molar-refractivity contribution in [3.63, 3.8) is 0 Å². The largest absolute Gasteiger partial charge is 0.293 e. The molecule has 2 aromatic heterocycles. The highest BCUT2D eigenvalue weighted by molar-refractivity contribution is 7.99. The second-order valence-corrected chi connectivity index (χ2v) is 10.7. The van der Waals surface area contributed by atoms with Gasteiger partial charge in [-0.05, 0) is 67.5 Å². The van der Waals surface area contributed by atoms with Gasteiger partial charge in [-0.2, -0.15) is 0 Å². The molecule has 0 amide bonds. The number of thioether (sulfide) groups is 1. The summed E-state index contributed by atoms with van der Waals surface area (Å²) in [4.78, 5) is 33.4. The number of carbonyl (C=O) groups is 1. The summed E-state index contributed by atoms with van der Waals surface area (Å²) in [6, 6.07) is 17.1. The van der Waals surface area contributed by atoms with E-state index >= 15 is 0 Å². The molecule has 0 atom stereocenters. The minimum atomic E-state index is -0.00824. The molecule has 2 heterocycles. The Morgan fingerprint density at radius 3 is 2.61 bits per heavy atom. The average molecular weight is 495 g/mol. The van der Waals surface area contributed by atoms with Crippen molar-refractivity contribution in [3.8, 4) is 0 Å². The zero-order valence-electron chi connectivity index (χ0n) is 18.1. The fraction of sp³-hybridized carbons (Fsp3) is 0.269. The smallest absolute Gasteiger partial charge is 0.263 e. The number of nitrogens with zero attached hydrogens (tertiary/aromatic N) is 2. The van der Waals surface area contributed by atoms with Gasteiger partial charge >= 0.3 is 0 Å². The van der Waals surface area contributed by atoms with Crippen LogP contribution in [0.4, 0.5) is 0 Å². The van der Waals surface area contributed by atoms with Crippen LogP contribution in [-0.2, 0) is 25.8 Å². The molecule has 0 fully saturated rings. The van der Waals surface area contributed by atoms with Gasteiger partial charge in [-0.15, -0.1) is 11.3 Å². The zero-order chi connectivity index (χ0) is 22.8. The van der Waals surface area contributed by atoms with Crippen molar-refractivity contribution in [3.05, 3.63) is 91.5 Å². The summed E-state index contributed by atoms with van der Waals surface area (Å²) in [6.45, 7) is 0.536. The molecule has 0 N–H and O–H groups in total. The third-order valence-corrected chi connectivity index (χ3v) is 8.42. The summed E-state index contributed by atoms with van der Waals surface area (Å²) in [5, 5.41) is 2.00. The highest BCUT2D eigenvalue weighted by atomic mass is 35.5. The van der Waals surface area contributed by atoms with E-state index in [1.807, 2.05) is 18.2 Å². The van der Waals surface area contributed by atoms with Crippen molar-refractivity contribution >= 4 is 50.7 Å². The Kier molecular flexibility index (Phi) is 6.67. The van der Waals surface area contributed by atoms with E-state index in [1.165, 1.54) is 34.2 Å². The number of hydrogen-bond donors (Lipinski definition) is 0. The van der Waals surface area contributed by atoms with Crippen LogP contribution in [0.1, 0.15) is 39.2 Å². The van der Waals surface area contributed by atoms with Gasteiger partial charge in [0.05, 0.1) is 11.1 Å². The fourth-order valence-electron chi connectivity index (χ4n) is 4.26. The molecule has 0 radical (unpaired) electrons. The lowest BCUT2D eigenvalue weighted by molar-refractivity contribution is 0.102. The van der Waals surface area contributed by atoms with E-state index in [1.54, 1.807) is 40.2 Å². The van der Waals surface area contributed by atoms with E-state index in [2.05, 4.69) is 12.1 Å². The van der Waals surface area contributed by atoms with Gasteiger partial charge in [0.1, 0.15) is 4.83 Å². The maximum absolute atomic E-state index is 13.7. The van der Waals surface area contributed by atoms with Crippen LogP contribution in [0.5, 0.6) is 0 Å². The number of rotatable bonds is 7. The summed E-state index contributed by atoms with van der Waals surface area (Å²) >= 11 is 8.93. The number of benzene rings is 2. The Labute approximate surface area is 205 Å². The highest BCUT2D eigenvalue weighted by Gasteiger charge is 2.22. The fourth-order valence-corrected chi connectivity index (χ4v) is 6.61. The average Bonchev–Trinajstić information content (AvgIpc) is 3.22. The number of aromatic nitrogens is 2. The predicted octanol–water partition coefficient (Wildman–Crippen LogP) is 6.21. The lowest BCUT2D eigenvalue weighted by Gasteiger charge is -2.13. The number of halogens is 1. The summed E-state index contributed by atoms with van der Waals surface area (Å²) in [7, 11) is 0. The molecular formula is C26H23ClN2O2S2. The molecule has 0 unspecified atom stereocenters. The Hall–Kier alpha value is -2.41. The quantitative estimate of drug-likeness (QED) is 0.174. The van der Waals surface area contributed by atoms with Gasteiger partial charge in [0.2, 0.25) is 0 Å². The van der Waals surface area contributed by atoms with Crippen molar-refractivity contribution in [2.45, 2.75) is 43.8 Å². The van der Waals surface area contributed by atoms with Crippen LogP contribution < -0.4 is 5.56 Å². The van der Waals surface area contributed by atoms with Gasteiger partial charge in [0.15, 0.2) is 10.9 Å². The van der Waals surface area contributed by atoms with Crippen LogP contribution in [0.25, 0.3) is 10.2 Å². The van der Waals surface area contributed by atoms with Gasteiger partial charge in [0, 0.05) is 22.0 Å². The molecule has 4 nitrogen and oxygen atoms in total. The van der Waals surface area contributed by atoms with Crippen molar-refractivity contribution < 1.29 is 4.79 Å². The van der Waals surface area contributed by atoms with Gasteiger partial charge in [-0.3, -0.25) is 14.2 Å². The molecular weight excluding hydrogens is 472 g/mol. The third-order valence-electron chi connectivity index (χ3n) is 6.01. The van der Waals surface area contributed by atoms with Crippen LogP contribution in [0.15, 0.2) is 64.5 Å². The molecule has 2 aromatic carbocycles. The van der Waals surface area contributed by atoms with Gasteiger partial charge in [0.25, 0.3) is 5.56 Å². The SMILES string of the molecule is O=C(CSc1nc2sc3c(c2c(=O)n1CCc1ccccc1)CCCC3)c1ccc(Cl)cc1. The molecule has 1 aliphatic rings. The molecule has 5 rings (SSSR count). The van der Waals surface area contributed by atoms with E-state index in [0.717, 1.165) is 35.9 Å². The van der Waals surface area contributed by atoms with Gasteiger partial charge in [-0.1, -0.05) is 53.7 Å². The molecule has 33 heavy (non-hydrogen) atoms. The minimum absolute atomic E-state index is 0.00824. The second kappa shape index (κ2) is 9.84. The number of ketones is 1. The molecule has 0 saturated heterocycles. The first kappa shape index (κ1) is 22.4. The number of thiophene rings is 1. The van der Waals surface area contributed by atoms with Crippen LogP contribution >= 0.6 is 34.7 Å². The first-order valence-corrected chi connectivity index (χ1v) is 13.3. The number of fused-ring (bicyclic) bond motifs is 3. The Morgan fingerprint density at radius 1 is 1.06 bits per heavy atom. The van der Waals surface area contributed by atoms with Gasteiger partial charge < -0.3 is 0 Å². The van der Waals surface area contributed by atoms with Crippen molar-refractivity contribution in [2.24, 2.45) is 0 Å². The van der Waals surface area contributed by atoms with Crippen molar-refractivity contribution in [1.29, 1.82) is 0 Å². The Balaban J connectivity index is 1.49. The van der Waals surface area contributed by atoms with E-state index in [9.17, 15) is 9.59 Å². The number of Topliss-reactive ketones (excluding diaryl/α,β-unsaturated/α-hetero) is 1. The number of aryl methyl sites for hydroxylation is 3. The molecule has 0 aliphatic heterocycles. The summed E-state index contributed by atoms with van der Waals surface area (Å²) in [5.74, 6) is 0.210. The van der Waals surface area contributed by atoms with Crippen molar-refractivity contribution in [2.75, 3.05) is 5.75 Å². The molecule has 168 valence electrons. The van der Waals surface area contributed by atoms with E-state index in [0.29, 0.717) is 22.3 Å². The van der Waals surface area contributed by atoms with Crippen LogP contribution in [-0.4, -0.2) is 21.1 Å². The van der Waals surface area contributed by atoms with Gasteiger partial charge in [-0.25, -0.2) is 4.98 Å². The van der Waals surface area contributed by atoms with E-state index < -0.39 is 0 Å². The molecule has 0 saturated carbocycles. The Bertz CT molecular complexity index is 1360. The molecule has 0 bridgehead atoms. The summed E-state index contributed by atoms with van der Waals surface area (Å²) < 4.78 is 1.77. The first-order chi connectivity index (χ1) is 16.1. The predicted molar refractivity (Wildman–Crippen MR) is 137 cm³/mol. The van der Waals surface area contributed by atoms with Crippen LogP contribution in [0.3, 0.4) is 0 Å². The third kappa shape index (κ3) is 4.79. The maximum Gasteiger partial charge on any atom is 0.263 e. The van der Waals surface area contributed by atoms with Crippen LogP contribution in [0, 0.1) is 0 Å². The summed E-state index contributed by atoms with van der Waals surface area (Å²) in [5.41, 5.74) is 3.00. The number of carbonyl (C=O) groups excluding carboxylic acids is 1. The normalized spacial score (nSPS) is 13.2. The second-order valence-electron chi connectivity index (χ2n) is 8.20. The Morgan fingerprint density at radius 2 is 1.82 bits per heavy atom. The van der Waals surface area contributed by atoms with E-state index in [4.69, 9.17) is 16.6 Å². The van der Waals surface area contributed by atoms with Crippen molar-refractivity contribution in [1.82, 2.24) is 9.55 Å². The summed E-state index contributed by atoms with van der Waals surface area (Å²) in [6.07, 6.45) is 5.00. The standard InChI is InChI=1S/C26H23ClN2O2S2/c27-19-12-10-18(11-13-19)21(30)16-32-26-28-24-23(20-8-4-5-9-22(20)33-24)25(31)29(26)15-14-17-6-2-1-3-7-17/h1-3,6-7,10-13H,4-5,8-9,14-16H2. The first-order valence-electron chi connectivity index (χ1n) is 11.1. The van der Waals surface area contributed by atoms with Crippen LogP contribution in [0.2, 0.25) is 5.02 Å². The topological polar surface area (TPSA) is 52.0 Å². The highest BCUT2D eigenvalue weighted by Crippen LogP contribution is 2.34. The molecule has 0 spiro atoms. The lowest BCUT2D eigenvalue weighted by Crippen LogP contribution is -2.25. The number of hydrogen-bond acceptors (Lipinski definition) is 5. The molecule has 1 aliphatic carbocycles. The molecule has 4 aromatic rings. The minimum Gasteiger partial charge on any atom is -0.293 e. The van der Waals surface area contributed by atoms with E-state index in [-0.39, 0.29) is 17.1 Å². The zero-order valence-corrected chi connectivity index (χ0v) is 20.4. The monoisotopic (exact) mass is 494 g/mol. The molecule has 7 heteroatoms. The lowest BCUT2D eigenvalue weighted by atomic mass is 9.97. The maximum atomic E-state index is 13.7.